The zero-order valence-corrected chi connectivity index (χ0v) is 13.8. The number of carboxylic acids is 1. The molecule has 0 aromatic carbocycles. The summed E-state index contributed by atoms with van der Waals surface area (Å²) < 4.78 is 0. The fourth-order valence-corrected chi connectivity index (χ4v) is 3.10. The number of carbonyl (C=O) groups is 2. The van der Waals surface area contributed by atoms with Crippen molar-refractivity contribution in [2.45, 2.75) is 44.9 Å². The van der Waals surface area contributed by atoms with Gasteiger partial charge in [-0.3, -0.25) is 4.79 Å². The first-order valence-corrected chi connectivity index (χ1v) is 9.26. The first-order valence-electron chi connectivity index (χ1n) is 7.87. The summed E-state index contributed by atoms with van der Waals surface area (Å²) in [4.78, 5) is 24.4. The van der Waals surface area contributed by atoms with Crippen LogP contribution in [0.5, 0.6) is 0 Å². The lowest BCUT2D eigenvalue weighted by Crippen LogP contribution is -2.44. The van der Waals surface area contributed by atoms with E-state index in [1.54, 1.807) is 0 Å². The van der Waals surface area contributed by atoms with E-state index in [0.717, 1.165) is 45.3 Å². The number of aliphatic carboxylic acids is 1. The number of carboxylic acid groups (broad SMARTS) is 1. The number of carbonyl (C=O) groups excluding carboxylic acids is 1. The van der Waals surface area contributed by atoms with E-state index < -0.39 is 5.97 Å². The van der Waals surface area contributed by atoms with Gasteiger partial charge in [0.1, 0.15) is 0 Å². The monoisotopic (exact) mass is 316 g/mol. The third-order valence-electron chi connectivity index (χ3n) is 3.97. The number of nitrogens with zero attached hydrogens (tertiary/aromatic N) is 1. The molecule has 0 atom stereocenters. The van der Waals surface area contributed by atoms with Gasteiger partial charge in [-0.15, -0.1) is 0 Å². The van der Waals surface area contributed by atoms with Gasteiger partial charge >= 0.3 is 12.0 Å². The average molecular weight is 316 g/mol. The third kappa shape index (κ3) is 8.19. The summed E-state index contributed by atoms with van der Waals surface area (Å²) in [5, 5.41) is 11.7. The van der Waals surface area contributed by atoms with Crippen molar-refractivity contribution in [1.82, 2.24) is 10.2 Å². The Bertz CT molecular complexity index is 318. The van der Waals surface area contributed by atoms with E-state index in [2.05, 4.69) is 11.6 Å². The van der Waals surface area contributed by atoms with Crippen molar-refractivity contribution in [3.8, 4) is 0 Å². The Labute approximate surface area is 131 Å². The summed E-state index contributed by atoms with van der Waals surface area (Å²) in [6.45, 7) is 2.26. The van der Waals surface area contributed by atoms with Gasteiger partial charge in [0.15, 0.2) is 0 Å². The molecule has 0 unspecified atom stereocenters. The molecule has 1 rings (SSSR count). The van der Waals surface area contributed by atoms with Crippen LogP contribution in [0.3, 0.4) is 0 Å². The molecule has 2 N–H and O–H groups in total. The Hall–Kier alpha value is -0.910. The van der Waals surface area contributed by atoms with Gasteiger partial charge in [0.25, 0.3) is 0 Å². The molecule has 1 fully saturated rings. The normalized spacial score (nSPS) is 16.0. The van der Waals surface area contributed by atoms with Crippen molar-refractivity contribution in [2.24, 2.45) is 5.92 Å². The van der Waals surface area contributed by atoms with Crippen LogP contribution >= 0.6 is 11.8 Å². The van der Waals surface area contributed by atoms with E-state index in [0.29, 0.717) is 5.92 Å². The molecule has 0 aromatic heterocycles. The minimum absolute atomic E-state index is 0.0385. The Morgan fingerprint density at radius 1 is 1.24 bits per heavy atom. The Kier molecular flexibility index (Phi) is 9.30. The maximum atomic E-state index is 12.0. The van der Waals surface area contributed by atoms with Crippen LogP contribution in [0.4, 0.5) is 4.79 Å². The summed E-state index contributed by atoms with van der Waals surface area (Å²) in [7, 11) is 0. The summed E-state index contributed by atoms with van der Waals surface area (Å²) >= 11 is 1.86. The zero-order valence-electron chi connectivity index (χ0n) is 13.0. The van der Waals surface area contributed by atoms with Gasteiger partial charge in [-0.05, 0) is 50.0 Å². The zero-order chi connectivity index (χ0) is 15.5. The second kappa shape index (κ2) is 10.8. The van der Waals surface area contributed by atoms with Gasteiger partial charge in [0.2, 0.25) is 0 Å². The molecule has 0 aliphatic carbocycles. The van der Waals surface area contributed by atoms with Crippen LogP contribution < -0.4 is 5.32 Å². The molecule has 6 heteroatoms. The van der Waals surface area contributed by atoms with Crippen molar-refractivity contribution < 1.29 is 14.7 Å². The lowest BCUT2D eigenvalue weighted by atomic mass is 9.92. The Morgan fingerprint density at radius 3 is 2.57 bits per heavy atom. The Balaban J connectivity index is 2.07. The van der Waals surface area contributed by atoms with Gasteiger partial charge in [-0.2, -0.15) is 11.8 Å². The molecule has 0 radical (unpaired) electrons. The molecule has 1 aliphatic heterocycles. The van der Waals surface area contributed by atoms with Crippen molar-refractivity contribution in [3.63, 3.8) is 0 Å². The second-order valence-electron chi connectivity index (χ2n) is 5.65. The molecule has 5 nitrogen and oxygen atoms in total. The first-order chi connectivity index (χ1) is 10.1. The maximum Gasteiger partial charge on any atom is 0.317 e. The van der Waals surface area contributed by atoms with Crippen LogP contribution in [0.15, 0.2) is 0 Å². The number of rotatable bonds is 9. The number of thioether (sulfide) groups is 1. The smallest absolute Gasteiger partial charge is 0.317 e. The molecule has 21 heavy (non-hydrogen) atoms. The highest BCUT2D eigenvalue weighted by Crippen LogP contribution is 2.21. The molecule has 0 saturated carbocycles. The van der Waals surface area contributed by atoms with Gasteiger partial charge in [0.05, 0.1) is 0 Å². The van der Waals surface area contributed by atoms with Gasteiger partial charge in [-0.25, -0.2) is 4.79 Å². The van der Waals surface area contributed by atoms with E-state index in [-0.39, 0.29) is 12.5 Å². The van der Waals surface area contributed by atoms with Crippen LogP contribution in [0, 0.1) is 5.92 Å². The summed E-state index contributed by atoms with van der Waals surface area (Å²) in [6, 6.07) is 0.0385. The minimum atomic E-state index is -0.725. The predicted octanol–water partition coefficient (Wildman–Crippen LogP) is 2.81. The fourth-order valence-electron chi connectivity index (χ4n) is 2.61. The van der Waals surface area contributed by atoms with Crippen molar-refractivity contribution >= 4 is 23.8 Å². The molecule has 1 saturated heterocycles. The van der Waals surface area contributed by atoms with Crippen LogP contribution in [0.2, 0.25) is 0 Å². The summed E-state index contributed by atoms with van der Waals surface area (Å²) in [5.74, 6) is 0.922. The first kappa shape index (κ1) is 18.1. The van der Waals surface area contributed by atoms with Crippen LogP contribution in [0.25, 0.3) is 0 Å². The largest absolute Gasteiger partial charge is 0.481 e. The minimum Gasteiger partial charge on any atom is -0.481 e. The molecule has 0 bridgehead atoms. The number of amides is 2. The standard InChI is InChI=1S/C15H28N2O3S/c1-21-12-4-2-3-9-16-15(20)17-10-7-13(8-11-17)5-6-14(18)19/h13H,2-12H2,1H3,(H,16,20)(H,18,19). The molecule has 122 valence electrons. The predicted molar refractivity (Wildman–Crippen MR) is 86.8 cm³/mol. The van der Waals surface area contributed by atoms with Crippen LogP contribution in [-0.2, 0) is 4.79 Å². The van der Waals surface area contributed by atoms with Gasteiger partial charge in [0, 0.05) is 26.1 Å². The van der Waals surface area contributed by atoms with Crippen molar-refractivity contribution in [1.29, 1.82) is 0 Å². The number of hydrogen-bond donors (Lipinski definition) is 2. The molecular formula is C15H28N2O3S. The molecular weight excluding hydrogens is 288 g/mol. The van der Waals surface area contributed by atoms with Crippen molar-refractivity contribution in [2.75, 3.05) is 31.6 Å². The highest BCUT2D eigenvalue weighted by Gasteiger charge is 2.22. The summed E-state index contributed by atoms with van der Waals surface area (Å²) in [6.07, 6.45) is 8.36. The maximum absolute atomic E-state index is 12.0. The van der Waals surface area contributed by atoms with E-state index in [4.69, 9.17) is 5.11 Å². The molecule has 1 aliphatic rings. The number of urea groups is 1. The summed E-state index contributed by atoms with van der Waals surface area (Å²) in [5.41, 5.74) is 0. The van der Waals surface area contributed by atoms with Gasteiger partial charge < -0.3 is 15.3 Å². The van der Waals surface area contributed by atoms with Crippen LogP contribution in [0.1, 0.15) is 44.9 Å². The SMILES string of the molecule is CSCCCCCNC(=O)N1CCC(CCC(=O)O)CC1. The molecule has 1 heterocycles. The lowest BCUT2D eigenvalue weighted by Gasteiger charge is -2.31. The number of likely N-dealkylation sites (tertiary alicyclic amines) is 1. The highest BCUT2D eigenvalue weighted by molar-refractivity contribution is 7.98. The van der Waals surface area contributed by atoms with Crippen LogP contribution in [-0.4, -0.2) is 53.6 Å². The topological polar surface area (TPSA) is 69.6 Å². The van der Waals surface area contributed by atoms with E-state index >= 15 is 0 Å². The quantitative estimate of drug-likeness (QED) is 0.642. The number of nitrogens with one attached hydrogen (secondary N) is 1. The Morgan fingerprint density at radius 2 is 1.95 bits per heavy atom. The molecule has 0 aromatic rings. The van der Waals surface area contributed by atoms with E-state index in [9.17, 15) is 9.59 Å². The van der Waals surface area contributed by atoms with E-state index in [1.165, 1.54) is 18.6 Å². The lowest BCUT2D eigenvalue weighted by molar-refractivity contribution is -0.137. The highest BCUT2D eigenvalue weighted by atomic mass is 32.2. The fraction of sp³-hybridized carbons (Fsp3) is 0.867. The number of hydrogen-bond acceptors (Lipinski definition) is 3. The van der Waals surface area contributed by atoms with Crippen molar-refractivity contribution in [3.05, 3.63) is 0 Å². The molecule has 2 amide bonds. The van der Waals surface area contributed by atoms with E-state index in [1.807, 2.05) is 16.7 Å². The number of piperidine rings is 1. The number of unbranched alkanes of at least 4 members (excludes halogenated alkanes) is 2. The third-order valence-corrected chi connectivity index (χ3v) is 4.67. The second-order valence-corrected chi connectivity index (χ2v) is 6.63. The molecule has 0 spiro atoms. The van der Waals surface area contributed by atoms with Gasteiger partial charge in [-0.1, -0.05) is 6.42 Å². The average Bonchev–Trinajstić information content (AvgIpc) is 2.49.